The maximum Gasteiger partial charge on any atom is 0.269 e. The van der Waals surface area contributed by atoms with Crippen LogP contribution in [0.4, 0.5) is 11.4 Å². The van der Waals surface area contributed by atoms with Crippen LogP contribution in [-0.4, -0.2) is 27.4 Å². The Morgan fingerprint density at radius 2 is 1.88 bits per heavy atom. The molecule has 1 N–H and O–H groups in total. The van der Waals surface area contributed by atoms with Crippen molar-refractivity contribution in [1.29, 1.82) is 0 Å². The molecule has 1 heterocycles. The largest absolute Gasteiger partial charge is 0.508 e. The topological polar surface area (TPSA) is 66.4 Å². The Morgan fingerprint density at radius 1 is 1.17 bits per heavy atom. The average molecular weight is 325 g/mol. The van der Waals surface area contributed by atoms with Gasteiger partial charge < -0.3 is 5.11 Å². The van der Waals surface area contributed by atoms with Gasteiger partial charge in [0.15, 0.2) is 5.71 Å². The summed E-state index contributed by atoms with van der Waals surface area (Å²) in [6.07, 6.45) is 1.29. The van der Waals surface area contributed by atoms with E-state index in [-0.39, 0.29) is 16.9 Å². The Bertz CT molecular complexity index is 853. The van der Waals surface area contributed by atoms with Crippen LogP contribution in [0.15, 0.2) is 42.5 Å². The standard InChI is InChI=1S/C19H20N2O3/c1-19(2)15-6-4-5-7-16(15)20(3)18(19)11-8-13-12-14(21(23)24)9-10-17(13)22/h4-7,9-10,12H,8,11H2,1-3H3/p+1. The number of fused-ring (bicyclic) bond motifs is 1. The molecule has 0 atom stereocenters. The van der Waals surface area contributed by atoms with Gasteiger partial charge in [-0.1, -0.05) is 18.2 Å². The second-order valence-corrected chi connectivity index (χ2v) is 6.72. The first-order valence-corrected chi connectivity index (χ1v) is 7.98. The lowest BCUT2D eigenvalue weighted by atomic mass is 9.79. The number of phenols is 1. The number of rotatable bonds is 4. The van der Waals surface area contributed by atoms with Crippen molar-refractivity contribution in [1.82, 2.24) is 0 Å². The predicted molar refractivity (Wildman–Crippen MR) is 93.4 cm³/mol. The lowest BCUT2D eigenvalue weighted by Gasteiger charge is -2.17. The fourth-order valence-electron chi connectivity index (χ4n) is 3.63. The van der Waals surface area contributed by atoms with Crippen LogP contribution in [0.3, 0.4) is 0 Å². The van der Waals surface area contributed by atoms with E-state index < -0.39 is 4.92 Å². The molecular formula is C19H21N2O3+. The smallest absolute Gasteiger partial charge is 0.269 e. The molecule has 0 saturated carbocycles. The van der Waals surface area contributed by atoms with Crippen molar-refractivity contribution in [3.63, 3.8) is 0 Å². The highest BCUT2D eigenvalue weighted by molar-refractivity contribution is 5.95. The van der Waals surface area contributed by atoms with Crippen LogP contribution >= 0.6 is 0 Å². The summed E-state index contributed by atoms with van der Waals surface area (Å²) in [7, 11) is 2.05. The lowest BCUT2D eigenvalue weighted by Crippen LogP contribution is -2.29. The molecule has 1 aliphatic rings. The van der Waals surface area contributed by atoms with Crippen molar-refractivity contribution in [3.05, 3.63) is 63.7 Å². The van der Waals surface area contributed by atoms with Gasteiger partial charge in [-0.3, -0.25) is 10.1 Å². The molecule has 5 heteroatoms. The van der Waals surface area contributed by atoms with Crippen molar-refractivity contribution in [2.45, 2.75) is 32.1 Å². The first-order chi connectivity index (χ1) is 11.3. The van der Waals surface area contributed by atoms with Crippen molar-refractivity contribution in [2.24, 2.45) is 0 Å². The Hall–Kier alpha value is -2.69. The number of aryl methyl sites for hydroxylation is 1. The van der Waals surface area contributed by atoms with Crippen molar-refractivity contribution in [2.75, 3.05) is 7.05 Å². The van der Waals surface area contributed by atoms with Crippen LogP contribution in [0.2, 0.25) is 0 Å². The second kappa shape index (κ2) is 5.74. The highest BCUT2D eigenvalue weighted by Crippen LogP contribution is 2.40. The van der Waals surface area contributed by atoms with Crippen molar-refractivity contribution in [3.8, 4) is 5.75 Å². The predicted octanol–water partition coefficient (Wildman–Crippen LogP) is 3.94. The van der Waals surface area contributed by atoms with Gasteiger partial charge in [-0.15, -0.1) is 0 Å². The summed E-state index contributed by atoms with van der Waals surface area (Å²) >= 11 is 0. The van der Waals surface area contributed by atoms with E-state index in [0.29, 0.717) is 12.0 Å². The van der Waals surface area contributed by atoms with Gasteiger partial charge in [0.05, 0.1) is 10.3 Å². The summed E-state index contributed by atoms with van der Waals surface area (Å²) in [5.41, 5.74) is 4.25. The first kappa shape index (κ1) is 16.2. The van der Waals surface area contributed by atoms with Gasteiger partial charge in [0, 0.05) is 35.7 Å². The first-order valence-electron chi connectivity index (χ1n) is 7.98. The average Bonchev–Trinajstić information content (AvgIpc) is 2.74. The van der Waals surface area contributed by atoms with Crippen LogP contribution in [-0.2, 0) is 11.8 Å². The lowest BCUT2D eigenvalue weighted by molar-refractivity contribution is -0.404. The maximum absolute atomic E-state index is 10.9. The third-order valence-corrected chi connectivity index (χ3v) is 4.97. The van der Waals surface area contributed by atoms with Crippen LogP contribution in [0, 0.1) is 10.1 Å². The number of phenolic OH excluding ortho intramolecular Hbond substituents is 1. The van der Waals surface area contributed by atoms with E-state index in [1.807, 2.05) is 12.1 Å². The number of benzene rings is 2. The summed E-state index contributed by atoms with van der Waals surface area (Å²) in [5, 5.41) is 21.0. The van der Waals surface area contributed by atoms with Gasteiger partial charge in [-0.2, -0.15) is 0 Å². The zero-order chi connectivity index (χ0) is 17.5. The molecule has 0 radical (unpaired) electrons. The fourth-order valence-corrected chi connectivity index (χ4v) is 3.63. The minimum absolute atomic E-state index is 0.00937. The van der Waals surface area contributed by atoms with E-state index in [0.717, 1.165) is 6.42 Å². The Balaban J connectivity index is 1.90. The normalized spacial score (nSPS) is 15.5. The Labute approximate surface area is 141 Å². The molecule has 2 aromatic carbocycles. The van der Waals surface area contributed by atoms with E-state index >= 15 is 0 Å². The van der Waals surface area contributed by atoms with E-state index in [9.17, 15) is 15.2 Å². The molecule has 1 aliphatic heterocycles. The fraction of sp³-hybridized carbons (Fsp3) is 0.316. The van der Waals surface area contributed by atoms with E-state index in [4.69, 9.17) is 0 Å². The quantitative estimate of drug-likeness (QED) is 0.526. The van der Waals surface area contributed by atoms with Crippen molar-refractivity contribution >= 4 is 17.1 Å². The summed E-state index contributed by atoms with van der Waals surface area (Å²) in [5.74, 6) is 0.108. The molecule has 0 saturated heterocycles. The number of para-hydroxylation sites is 1. The SMILES string of the molecule is C[N+]1=C(CCc2cc([N+](=O)[O-])ccc2O)C(C)(C)c2ccccc21. The number of nitro benzene ring substituents is 1. The Kier molecular flexibility index (Phi) is 3.87. The van der Waals surface area contributed by atoms with Crippen LogP contribution in [0.5, 0.6) is 5.75 Å². The van der Waals surface area contributed by atoms with E-state index in [2.05, 4.69) is 37.6 Å². The number of nitrogens with zero attached hydrogens (tertiary/aromatic N) is 2. The zero-order valence-corrected chi connectivity index (χ0v) is 14.1. The van der Waals surface area contributed by atoms with Gasteiger partial charge in [0.1, 0.15) is 12.8 Å². The van der Waals surface area contributed by atoms with Gasteiger partial charge in [0.2, 0.25) is 5.69 Å². The molecule has 0 fully saturated rings. The molecule has 3 rings (SSSR count). The highest BCUT2D eigenvalue weighted by Gasteiger charge is 2.43. The molecule has 0 bridgehead atoms. The molecule has 5 nitrogen and oxygen atoms in total. The minimum atomic E-state index is -0.433. The molecule has 0 aliphatic carbocycles. The summed E-state index contributed by atoms with van der Waals surface area (Å²) in [4.78, 5) is 10.5. The number of nitro groups is 1. The summed E-state index contributed by atoms with van der Waals surface area (Å²) in [6.45, 7) is 4.38. The second-order valence-electron chi connectivity index (χ2n) is 6.72. The number of hydrogen-bond acceptors (Lipinski definition) is 3. The molecule has 0 spiro atoms. The van der Waals surface area contributed by atoms with Crippen LogP contribution in [0.1, 0.15) is 31.4 Å². The van der Waals surface area contributed by atoms with Gasteiger partial charge >= 0.3 is 0 Å². The molecule has 24 heavy (non-hydrogen) atoms. The number of hydrogen-bond donors (Lipinski definition) is 1. The molecule has 124 valence electrons. The number of aromatic hydroxyl groups is 1. The summed E-state index contributed by atoms with van der Waals surface area (Å²) in [6, 6.07) is 12.5. The van der Waals surface area contributed by atoms with Crippen LogP contribution < -0.4 is 0 Å². The Morgan fingerprint density at radius 3 is 2.54 bits per heavy atom. The van der Waals surface area contributed by atoms with Crippen molar-refractivity contribution < 1.29 is 14.6 Å². The van der Waals surface area contributed by atoms with E-state index in [1.165, 1.54) is 35.2 Å². The zero-order valence-electron chi connectivity index (χ0n) is 14.1. The molecule has 0 aromatic heterocycles. The van der Waals surface area contributed by atoms with Gasteiger partial charge in [-0.05, 0) is 26.3 Å². The van der Waals surface area contributed by atoms with E-state index in [1.54, 1.807) is 0 Å². The molecule has 2 aromatic rings. The third-order valence-electron chi connectivity index (χ3n) is 4.97. The number of non-ortho nitro benzene ring substituents is 1. The molecular weight excluding hydrogens is 304 g/mol. The molecule has 0 unspecified atom stereocenters. The summed E-state index contributed by atoms with van der Waals surface area (Å²) < 4.78 is 2.20. The molecule has 0 amide bonds. The van der Waals surface area contributed by atoms with Gasteiger partial charge in [0.25, 0.3) is 5.69 Å². The maximum atomic E-state index is 10.9. The highest BCUT2D eigenvalue weighted by atomic mass is 16.6. The van der Waals surface area contributed by atoms with Crippen LogP contribution in [0.25, 0.3) is 0 Å². The third kappa shape index (κ3) is 2.56. The minimum Gasteiger partial charge on any atom is -0.508 e. The monoisotopic (exact) mass is 325 g/mol. The van der Waals surface area contributed by atoms with Gasteiger partial charge in [-0.25, -0.2) is 4.58 Å².